The zero-order valence-corrected chi connectivity index (χ0v) is 21.2. The van der Waals surface area contributed by atoms with Gasteiger partial charge in [-0.25, -0.2) is 9.50 Å². The number of hydrogen-bond donors (Lipinski definition) is 3. The molecule has 0 atom stereocenters. The van der Waals surface area contributed by atoms with Crippen molar-refractivity contribution in [1.29, 1.82) is 0 Å². The quantitative estimate of drug-likeness (QED) is 0.310. The second-order valence-corrected chi connectivity index (χ2v) is 9.25. The summed E-state index contributed by atoms with van der Waals surface area (Å²) in [6, 6.07) is 26.0. The van der Waals surface area contributed by atoms with Crippen LogP contribution in [-0.4, -0.2) is 52.6 Å². The Labute approximate surface area is 225 Å². The van der Waals surface area contributed by atoms with E-state index in [1.54, 1.807) is 35.1 Å². The van der Waals surface area contributed by atoms with Gasteiger partial charge in [-0.2, -0.15) is 5.10 Å². The van der Waals surface area contributed by atoms with Crippen LogP contribution in [0.4, 0.5) is 17.1 Å². The summed E-state index contributed by atoms with van der Waals surface area (Å²) in [5.74, 6) is -0.457. The van der Waals surface area contributed by atoms with E-state index in [1.807, 2.05) is 66.7 Å². The van der Waals surface area contributed by atoms with Gasteiger partial charge >= 0.3 is 0 Å². The summed E-state index contributed by atoms with van der Waals surface area (Å²) in [6.07, 6.45) is 3.46. The van der Waals surface area contributed by atoms with E-state index in [1.165, 1.54) is 0 Å². The number of amides is 2. The summed E-state index contributed by atoms with van der Waals surface area (Å²) in [4.78, 5) is 32.6. The smallest absolute Gasteiger partial charge is 0.274 e. The molecule has 0 spiro atoms. The van der Waals surface area contributed by atoms with Crippen molar-refractivity contribution < 1.29 is 9.59 Å². The van der Waals surface area contributed by atoms with Gasteiger partial charge in [-0.15, -0.1) is 0 Å². The predicted octanol–water partition coefficient (Wildman–Crippen LogP) is 4.31. The summed E-state index contributed by atoms with van der Waals surface area (Å²) in [5.41, 5.74) is 5.55. The molecule has 0 saturated carbocycles. The molecular formula is C30H27N7O2. The molecule has 2 amide bonds. The number of piperazine rings is 1. The number of para-hydroxylation sites is 2. The van der Waals surface area contributed by atoms with Gasteiger partial charge in [0.05, 0.1) is 17.6 Å². The minimum absolute atomic E-state index is 0.171. The van der Waals surface area contributed by atoms with Gasteiger partial charge in [-0.1, -0.05) is 42.5 Å². The Morgan fingerprint density at radius 3 is 2.33 bits per heavy atom. The Bertz CT molecular complexity index is 1620. The van der Waals surface area contributed by atoms with Gasteiger partial charge in [-0.3, -0.25) is 9.59 Å². The molecule has 0 bridgehead atoms. The van der Waals surface area contributed by atoms with Crippen LogP contribution in [0.25, 0.3) is 16.8 Å². The van der Waals surface area contributed by atoms with E-state index in [0.717, 1.165) is 48.7 Å². The first kappa shape index (κ1) is 24.3. The maximum absolute atomic E-state index is 13.3. The van der Waals surface area contributed by atoms with Crippen molar-refractivity contribution >= 4 is 34.5 Å². The monoisotopic (exact) mass is 517 g/mol. The second-order valence-electron chi connectivity index (χ2n) is 9.25. The molecule has 9 nitrogen and oxygen atoms in total. The van der Waals surface area contributed by atoms with Crippen LogP contribution in [0.2, 0.25) is 0 Å². The minimum Gasteiger partial charge on any atom is -0.367 e. The maximum atomic E-state index is 13.3. The maximum Gasteiger partial charge on any atom is 0.274 e. The van der Waals surface area contributed by atoms with Crippen LogP contribution in [0.3, 0.4) is 0 Å². The SMILES string of the molecule is O=C(Nc1ccc(-c2cnn3ccc(C(=O)Nc4ccccc4N4CCNCC4)nc23)cc1)c1ccccc1. The van der Waals surface area contributed by atoms with Crippen LogP contribution < -0.4 is 20.9 Å². The molecule has 39 heavy (non-hydrogen) atoms. The molecule has 9 heteroatoms. The first-order chi connectivity index (χ1) is 19.2. The number of anilines is 3. The molecule has 2 aromatic heterocycles. The Hall–Kier alpha value is -5.02. The van der Waals surface area contributed by atoms with Gasteiger partial charge in [0.15, 0.2) is 5.65 Å². The molecule has 0 unspecified atom stereocenters. The molecule has 1 saturated heterocycles. The van der Waals surface area contributed by atoms with Crippen molar-refractivity contribution in [3.8, 4) is 11.1 Å². The molecule has 1 fully saturated rings. The van der Waals surface area contributed by atoms with Gasteiger partial charge in [0.1, 0.15) is 5.69 Å². The lowest BCUT2D eigenvalue weighted by Gasteiger charge is -2.31. The standard InChI is InChI=1S/C30H27N7O2/c38-29(22-6-2-1-3-7-22)33-23-12-10-21(11-13-23)24-20-32-37-17-14-26(34-28(24)37)30(39)35-25-8-4-5-9-27(25)36-18-15-31-16-19-36/h1-14,17,20,31H,15-16,18-19H2,(H,33,38)(H,35,39). The summed E-state index contributed by atoms with van der Waals surface area (Å²) >= 11 is 0. The van der Waals surface area contributed by atoms with Gasteiger partial charge < -0.3 is 20.9 Å². The highest BCUT2D eigenvalue weighted by Gasteiger charge is 2.18. The second kappa shape index (κ2) is 10.8. The average Bonchev–Trinajstić information content (AvgIpc) is 3.42. The van der Waals surface area contributed by atoms with Gasteiger partial charge in [0.25, 0.3) is 11.8 Å². The zero-order chi connectivity index (χ0) is 26.6. The highest BCUT2D eigenvalue weighted by Crippen LogP contribution is 2.28. The molecular weight excluding hydrogens is 490 g/mol. The third kappa shape index (κ3) is 5.21. The van der Waals surface area contributed by atoms with Crippen LogP contribution in [0.1, 0.15) is 20.8 Å². The number of nitrogens with zero attached hydrogens (tertiary/aromatic N) is 4. The van der Waals surface area contributed by atoms with E-state index in [-0.39, 0.29) is 11.8 Å². The van der Waals surface area contributed by atoms with Crippen molar-refractivity contribution in [1.82, 2.24) is 19.9 Å². The summed E-state index contributed by atoms with van der Waals surface area (Å²) < 4.78 is 1.64. The van der Waals surface area contributed by atoms with Crippen molar-refractivity contribution in [3.05, 3.63) is 109 Å². The Morgan fingerprint density at radius 2 is 1.54 bits per heavy atom. The van der Waals surface area contributed by atoms with Crippen LogP contribution in [-0.2, 0) is 0 Å². The first-order valence-electron chi connectivity index (χ1n) is 12.8. The number of nitrogens with one attached hydrogen (secondary N) is 3. The fourth-order valence-corrected chi connectivity index (χ4v) is 4.67. The molecule has 194 valence electrons. The number of fused-ring (bicyclic) bond motifs is 1. The summed E-state index contributed by atoms with van der Waals surface area (Å²) in [6.45, 7) is 3.58. The van der Waals surface area contributed by atoms with Crippen molar-refractivity contribution in [2.45, 2.75) is 0 Å². The largest absolute Gasteiger partial charge is 0.367 e. The number of aromatic nitrogens is 3. The van der Waals surface area contributed by atoms with E-state index in [9.17, 15) is 9.59 Å². The number of carbonyl (C=O) groups is 2. The minimum atomic E-state index is -0.286. The van der Waals surface area contributed by atoms with Crippen LogP contribution in [0.15, 0.2) is 97.3 Å². The molecule has 3 aromatic carbocycles. The van der Waals surface area contributed by atoms with E-state index < -0.39 is 0 Å². The van der Waals surface area contributed by atoms with E-state index in [2.05, 4.69) is 30.9 Å². The highest BCUT2D eigenvalue weighted by molar-refractivity contribution is 6.05. The van der Waals surface area contributed by atoms with Crippen LogP contribution in [0.5, 0.6) is 0 Å². The van der Waals surface area contributed by atoms with E-state index in [0.29, 0.717) is 22.6 Å². The fraction of sp³-hybridized carbons (Fsp3) is 0.133. The van der Waals surface area contributed by atoms with Crippen LogP contribution in [0, 0.1) is 0 Å². The van der Waals surface area contributed by atoms with Crippen molar-refractivity contribution in [2.75, 3.05) is 41.7 Å². The van der Waals surface area contributed by atoms with E-state index >= 15 is 0 Å². The van der Waals surface area contributed by atoms with Gasteiger partial charge in [0, 0.05) is 49.2 Å². The fourth-order valence-electron chi connectivity index (χ4n) is 4.67. The number of rotatable bonds is 6. The van der Waals surface area contributed by atoms with Crippen molar-refractivity contribution in [2.24, 2.45) is 0 Å². The third-order valence-corrected chi connectivity index (χ3v) is 6.70. The Morgan fingerprint density at radius 1 is 0.795 bits per heavy atom. The average molecular weight is 518 g/mol. The Kier molecular flexibility index (Phi) is 6.71. The normalized spacial score (nSPS) is 13.3. The Balaban J connectivity index is 1.22. The molecule has 3 N–H and O–H groups in total. The van der Waals surface area contributed by atoms with Gasteiger partial charge in [0.2, 0.25) is 0 Å². The van der Waals surface area contributed by atoms with E-state index in [4.69, 9.17) is 0 Å². The van der Waals surface area contributed by atoms with Gasteiger partial charge in [-0.05, 0) is 48.0 Å². The lowest BCUT2D eigenvalue weighted by Crippen LogP contribution is -2.43. The molecule has 0 radical (unpaired) electrons. The summed E-state index contributed by atoms with van der Waals surface area (Å²) in [7, 11) is 0. The first-order valence-corrected chi connectivity index (χ1v) is 12.8. The number of hydrogen-bond acceptors (Lipinski definition) is 6. The molecule has 1 aliphatic heterocycles. The molecule has 6 rings (SSSR count). The molecule has 1 aliphatic rings. The van der Waals surface area contributed by atoms with Crippen LogP contribution >= 0.6 is 0 Å². The third-order valence-electron chi connectivity index (χ3n) is 6.70. The zero-order valence-electron chi connectivity index (χ0n) is 21.2. The number of carbonyl (C=O) groups excluding carboxylic acids is 2. The summed E-state index contributed by atoms with van der Waals surface area (Å²) in [5, 5.41) is 13.7. The molecule has 3 heterocycles. The molecule has 5 aromatic rings. The predicted molar refractivity (Wildman–Crippen MR) is 152 cm³/mol. The van der Waals surface area contributed by atoms with Crippen molar-refractivity contribution in [3.63, 3.8) is 0 Å². The number of benzene rings is 3. The lowest BCUT2D eigenvalue weighted by molar-refractivity contribution is 0.101. The lowest BCUT2D eigenvalue weighted by atomic mass is 10.1. The molecule has 0 aliphatic carbocycles. The highest BCUT2D eigenvalue weighted by atomic mass is 16.2. The topological polar surface area (TPSA) is 104 Å².